The lowest BCUT2D eigenvalue weighted by atomic mass is 9.78. The molecule has 1 fully saturated rings. The summed E-state index contributed by atoms with van der Waals surface area (Å²) in [4.78, 5) is 1.55. The van der Waals surface area contributed by atoms with Gasteiger partial charge in [-0.2, -0.15) is 0 Å². The van der Waals surface area contributed by atoms with E-state index in [2.05, 4.69) is 49.5 Å². The van der Waals surface area contributed by atoms with Crippen LogP contribution in [0.2, 0.25) is 0 Å². The molecule has 0 aliphatic heterocycles. The largest absolute Gasteiger partial charge is 0.309 e. The molecule has 2 aromatic rings. The van der Waals surface area contributed by atoms with Crippen molar-refractivity contribution in [1.29, 1.82) is 0 Å². The number of hydrogen-bond acceptors (Lipinski definition) is 2. The van der Waals surface area contributed by atoms with Crippen molar-refractivity contribution >= 4 is 21.4 Å². The minimum atomic E-state index is 0.560. The van der Waals surface area contributed by atoms with Gasteiger partial charge >= 0.3 is 0 Å². The Morgan fingerprint density at radius 3 is 2.90 bits per heavy atom. The quantitative estimate of drug-likeness (QED) is 0.739. The lowest BCUT2D eigenvalue weighted by Crippen LogP contribution is -2.31. The Hall–Kier alpha value is -0.860. The average Bonchev–Trinajstić information content (AvgIpc) is 2.91. The summed E-state index contributed by atoms with van der Waals surface area (Å²) in [7, 11) is 0. The van der Waals surface area contributed by atoms with Crippen LogP contribution in [0.1, 0.15) is 56.9 Å². The van der Waals surface area contributed by atoms with Crippen molar-refractivity contribution in [3.8, 4) is 0 Å². The topological polar surface area (TPSA) is 12.0 Å². The van der Waals surface area contributed by atoms with Crippen molar-refractivity contribution in [2.75, 3.05) is 6.54 Å². The van der Waals surface area contributed by atoms with Crippen LogP contribution in [0, 0.1) is 11.8 Å². The highest BCUT2D eigenvalue weighted by Gasteiger charge is 2.28. The average molecular weight is 301 g/mol. The summed E-state index contributed by atoms with van der Waals surface area (Å²) in [5.74, 6) is 1.71. The second kappa shape index (κ2) is 6.93. The normalized spacial score (nSPS) is 24.3. The zero-order chi connectivity index (χ0) is 14.7. The Balaban J connectivity index is 1.86. The van der Waals surface area contributed by atoms with Crippen molar-refractivity contribution in [2.24, 2.45) is 11.8 Å². The Bertz CT molecular complexity index is 541. The summed E-state index contributed by atoms with van der Waals surface area (Å²) in [6.07, 6.45) is 6.81. The summed E-state index contributed by atoms with van der Waals surface area (Å²) >= 11 is 1.99. The van der Waals surface area contributed by atoms with Gasteiger partial charge in [0.2, 0.25) is 0 Å². The minimum absolute atomic E-state index is 0.560. The number of thiophene rings is 1. The number of fused-ring (bicyclic) bond motifs is 1. The predicted octanol–water partition coefficient (Wildman–Crippen LogP) is 5.77. The van der Waals surface area contributed by atoms with Gasteiger partial charge in [-0.25, -0.2) is 0 Å². The summed E-state index contributed by atoms with van der Waals surface area (Å²) < 4.78 is 1.43. The molecule has 0 bridgehead atoms. The van der Waals surface area contributed by atoms with Crippen molar-refractivity contribution in [3.05, 3.63) is 35.2 Å². The number of nitrogens with one attached hydrogen (secondary N) is 1. The summed E-state index contributed by atoms with van der Waals surface area (Å²) in [5.41, 5.74) is 0. The molecule has 3 unspecified atom stereocenters. The van der Waals surface area contributed by atoms with Crippen LogP contribution in [0.25, 0.3) is 10.1 Å². The Morgan fingerprint density at radius 1 is 1.29 bits per heavy atom. The van der Waals surface area contributed by atoms with Crippen molar-refractivity contribution in [3.63, 3.8) is 0 Å². The van der Waals surface area contributed by atoms with Crippen molar-refractivity contribution in [1.82, 2.24) is 5.32 Å². The van der Waals surface area contributed by atoms with Crippen molar-refractivity contribution < 1.29 is 0 Å². The molecule has 1 saturated carbocycles. The van der Waals surface area contributed by atoms with Crippen LogP contribution in [0.15, 0.2) is 30.3 Å². The molecule has 3 atom stereocenters. The lowest BCUT2D eigenvalue weighted by molar-refractivity contribution is 0.226. The van der Waals surface area contributed by atoms with Gasteiger partial charge in [-0.15, -0.1) is 11.3 Å². The van der Waals surface area contributed by atoms with E-state index in [1.807, 2.05) is 11.3 Å². The van der Waals surface area contributed by atoms with E-state index >= 15 is 0 Å². The SMILES string of the molecule is CCCNC(c1cc2ccccc2s1)C1CCCC(C)C1. The third-order valence-electron chi connectivity index (χ3n) is 4.81. The van der Waals surface area contributed by atoms with Crippen LogP contribution in [0.3, 0.4) is 0 Å². The highest BCUT2D eigenvalue weighted by Crippen LogP contribution is 2.40. The first-order chi connectivity index (χ1) is 10.3. The maximum atomic E-state index is 3.85. The fourth-order valence-electron chi connectivity index (χ4n) is 3.74. The second-order valence-corrected chi connectivity index (χ2v) is 7.77. The number of hydrogen-bond donors (Lipinski definition) is 1. The molecular formula is C19H27NS. The molecule has 21 heavy (non-hydrogen) atoms. The molecule has 1 aliphatic rings. The minimum Gasteiger partial charge on any atom is -0.309 e. The molecule has 3 rings (SSSR count). The van der Waals surface area contributed by atoms with Crippen molar-refractivity contribution in [2.45, 2.75) is 52.0 Å². The van der Waals surface area contributed by atoms with Gasteiger partial charge in [-0.1, -0.05) is 44.9 Å². The molecule has 0 saturated heterocycles. The van der Waals surface area contributed by atoms with E-state index in [4.69, 9.17) is 0 Å². The molecule has 2 heteroatoms. The molecule has 1 nitrogen and oxygen atoms in total. The maximum absolute atomic E-state index is 3.85. The first kappa shape index (κ1) is 15.1. The van der Waals surface area contributed by atoms with Gasteiger partial charge < -0.3 is 5.32 Å². The molecular weight excluding hydrogens is 274 g/mol. The maximum Gasteiger partial charge on any atom is 0.0443 e. The molecule has 1 heterocycles. The van der Waals surface area contributed by atoms with E-state index in [0.29, 0.717) is 6.04 Å². The fourth-order valence-corrected chi connectivity index (χ4v) is 4.97. The highest BCUT2D eigenvalue weighted by molar-refractivity contribution is 7.19. The third-order valence-corrected chi connectivity index (χ3v) is 6.01. The van der Waals surface area contributed by atoms with Crippen LogP contribution in [0.5, 0.6) is 0 Å². The van der Waals surface area contributed by atoms with Crippen LogP contribution in [-0.2, 0) is 0 Å². The van der Waals surface area contributed by atoms with Gasteiger partial charge in [-0.3, -0.25) is 0 Å². The highest BCUT2D eigenvalue weighted by atomic mass is 32.1. The zero-order valence-electron chi connectivity index (χ0n) is 13.3. The van der Waals surface area contributed by atoms with Crippen LogP contribution < -0.4 is 5.32 Å². The van der Waals surface area contributed by atoms with Gasteiger partial charge in [0.1, 0.15) is 0 Å². The molecule has 114 valence electrons. The smallest absolute Gasteiger partial charge is 0.0443 e. The van der Waals surface area contributed by atoms with Gasteiger partial charge in [0, 0.05) is 15.6 Å². The van der Waals surface area contributed by atoms with Crippen LogP contribution >= 0.6 is 11.3 Å². The van der Waals surface area contributed by atoms with Gasteiger partial charge in [0.25, 0.3) is 0 Å². The molecule has 0 amide bonds. The van der Waals surface area contributed by atoms with Crippen LogP contribution in [0.4, 0.5) is 0 Å². The lowest BCUT2D eigenvalue weighted by Gasteiger charge is -2.33. The second-order valence-electron chi connectivity index (χ2n) is 6.65. The van der Waals surface area contributed by atoms with Gasteiger partial charge in [0.05, 0.1) is 0 Å². The van der Waals surface area contributed by atoms with Gasteiger partial charge in [0.15, 0.2) is 0 Å². The van der Waals surface area contributed by atoms with E-state index in [0.717, 1.165) is 18.4 Å². The Morgan fingerprint density at radius 2 is 2.14 bits per heavy atom. The number of rotatable bonds is 5. The first-order valence-corrected chi connectivity index (χ1v) is 9.31. The summed E-state index contributed by atoms with van der Waals surface area (Å²) in [5, 5.41) is 5.25. The molecule has 1 aliphatic carbocycles. The molecule has 1 aromatic carbocycles. The fraction of sp³-hybridized carbons (Fsp3) is 0.579. The number of benzene rings is 1. The van der Waals surface area contributed by atoms with Gasteiger partial charge in [-0.05, 0) is 55.2 Å². The van der Waals surface area contributed by atoms with E-state index in [9.17, 15) is 0 Å². The van der Waals surface area contributed by atoms with E-state index in [1.165, 1.54) is 42.2 Å². The standard InChI is InChI=1S/C19H27NS/c1-3-11-20-19(16-9-6-7-14(2)12-16)18-13-15-8-4-5-10-17(15)21-18/h4-5,8,10,13-14,16,19-20H,3,6-7,9,11-12H2,1-2H3. The van der Waals surface area contributed by atoms with E-state index in [1.54, 1.807) is 4.88 Å². The first-order valence-electron chi connectivity index (χ1n) is 8.49. The predicted molar refractivity (Wildman–Crippen MR) is 94.0 cm³/mol. The zero-order valence-corrected chi connectivity index (χ0v) is 14.1. The Labute approximate surface area is 132 Å². The van der Waals surface area contributed by atoms with E-state index < -0.39 is 0 Å². The molecule has 0 radical (unpaired) electrons. The van der Waals surface area contributed by atoms with Crippen LogP contribution in [-0.4, -0.2) is 6.54 Å². The third kappa shape index (κ3) is 3.49. The molecule has 0 spiro atoms. The Kier molecular flexibility index (Phi) is 4.97. The summed E-state index contributed by atoms with van der Waals surface area (Å²) in [6, 6.07) is 11.8. The monoisotopic (exact) mass is 301 g/mol. The van der Waals surface area contributed by atoms with E-state index in [-0.39, 0.29) is 0 Å². The molecule has 1 aromatic heterocycles. The summed E-state index contributed by atoms with van der Waals surface area (Å²) in [6.45, 7) is 5.82. The molecule has 1 N–H and O–H groups in total.